The van der Waals surface area contributed by atoms with E-state index in [4.69, 9.17) is 0 Å². The maximum Gasteiger partial charge on any atom is 0.271 e. The van der Waals surface area contributed by atoms with Crippen molar-refractivity contribution in [2.75, 3.05) is 19.3 Å². The fourth-order valence-corrected chi connectivity index (χ4v) is 3.66. The van der Waals surface area contributed by atoms with Gasteiger partial charge in [0.15, 0.2) is 0 Å². The third-order valence-electron chi connectivity index (χ3n) is 4.11. The van der Waals surface area contributed by atoms with Crippen molar-refractivity contribution in [3.8, 4) is 0 Å². The highest BCUT2D eigenvalue weighted by molar-refractivity contribution is 7.88. The Kier molecular flexibility index (Phi) is 4.11. The molecular formula is C15H20N4O3S. The molecule has 7 nitrogen and oxygen atoms in total. The summed E-state index contributed by atoms with van der Waals surface area (Å²) in [6, 6.07) is 3.85. The molecule has 1 N–H and O–H groups in total. The van der Waals surface area contributed by atoms with Crippen LogP contribution in [0.1, 0.15) is 28.9 Å². The molecule has 1 amide bonds. The highest BCUT2D eigenvalue weighted by Gasteiger charge is 2.26. The quantitative estimate of drug-likeness (QED) is 0.898. The molecule has 0 radical (unpaired) electrons. The summed E-state index contributed by atoms with van der Waals surface area (Å²) >= 11 is 0. The summed E-state index contributed by atoms with van der Waals surface area (Å²) in [5.74, 6) is -0.218. The standard InChI is InChI=1S/C15H20N4O3S/c1-11-3-6-18-10-13(17-14(18)9-11)15(20)16-12-4-7-19(8-5-12)23(2,21)22/h3,6,9-10,12H,4-5,7-8H2,1-2H3,(H,16,20). The van der Waals surface area contributed by atoms with Gasteiger partial charge in [0.25, 0.3) is 5.91 Å². The zero-order valence-electron chi connectivity index (χ0n) is 13.2. The van der Waals surface area contributed by atoms with Gasteiger partial charge >= 0.3 is 0 Å². The van der Waals surface area contributed by atoms with Crippen molar-refractivity contribution in [1.29, 1.82) is 0 Å². The van der Waals surface area contributed by atoms with Crippen LogP contribution in [0.3, 0.4) is 0 Å². The number of hydrogen-bond acceptors (Lipinski definition) is 4. The van der Waals surface area contributed by atoms with Gasteiger partial charge in [-0.2, -0.15) is 0 Å². The second kappa shape index (κ2) is 5.93. The van der Waals surface area contributed by atoms with Crippen molar-refractivity contribution in [1.82, 2.24) is 19.0 Å². The van der Waals surface area contributed by atoms with Gasteiger partial charge in [-0.3, -0.25) is 4.79 Å². The van der Waals surface area contributed by atoms with E-state index in [-0.39, 0.29) is 11.9 Å². The summed E-state index contributed by atoms with van der Waals surface area (Å²) in [6.45, 7) is 2.85. The van der Waals surface area contributed by atoms with Gasteiger partial charge in [0.05, 0.1) is 6.26 Å². The van der Waals surface area contributed by atoms with Gasteiger partial charge in [-0.05, 0) is 37.5 Å². The number of aromatic nitrogens is 2. The monoisotopic (exact) mass is 336 g/mol. The largest absolute Gasteiger partial charge is 0.348 e. The predicted octanol–water partition coefficient (Wildman–Crippen LogP) is 0.797. The molecule has 1 aliphatic rings. The maximum absolute atomic E-state index is 12.3. The molecule has 0 atom stereocenters. The van der Waals surface area contributed by atoms with Gasteiger partial charge in [0.2, 0.25) is 10.0 Å². The fraction of sp³-hybridized carbons (Fsp3) is 0.467. The summed E-state index contributed by atoms with van der Waals surface area (Å²) in [6.07, 6.45) is 6.02. The number of carbonyl (C=O) groups excluding carboxylic acids is 1. The van der Waals surface area contributed by atoms with Crippen molar-refractivity contribution in [2.24, 2.45) is 0 Å². The molecule has 23 heavy (non-hydrogen) atoms. The summed E-state index contributed by atoms with van der Waals surface area (Å²) in [5.41, 5.74) is 2.20. The first-order valence-electron chi connectivity index (χ1n) is 7.54. The molecule has 0 aliphatic carbocycles. The number of rotatable bonds is 3. The molecule has 1 aliphatic heterocycles. The number of fused-ring (bicyclic) bond motifs is 1. The normalized spacial score (nSPS) is 17.5. The average molecular weight is 336 g/mol. The van der Waals surface area contributed by atoms with Gasteiger partial charge in [0, 0.05) is 31.5 Å². The molecule has 3 rings (SSSR count). The van der Waals surface area contributed by atoms with Crippen molar-refractivity contribution in [2.45, 2.75) is 25.8 Å². The minimum Gasteiger partial charge on any atom is -0.348 e. The molecule has 124 valence electrons. The lowest BCUT2D eigenvalue weighted by Crippen LogP contribution is -2.46. The minimum absolute atomic E-state index is 0.0213. The number of sulfonamides is 1. The molecule has 0 aromatic carbocycles. The number of carbonyl (C=O) groups is 1. The number of nitrogens with zero attached hydrogens (tertiary/aromatic N) is 3. The van der Waals surface area contributed by atoms with Crippen molar-refractivity contribution < 1.29 is 13.2 Å². The number of imidazole rings is 1. The first-order valence-corrected chi connectivity index (χ1v) is 9.39. The minimum atomic E-state index is -3.15. The van der Waals surface area contributed by atoms with Gasteiger partial charge in [0.1, 0.15) is 11.3 Å². The Morgan fingerprint density at radius 3 is 2.70 bits per heavy atom. The average Bonchev–Trinajstić information content (AvgIpc) is 2.90. The van der Waals surface area contributed by atoms with E-state index >= 15 is 0 Å². The van der Waals surface area contributed by atoms with Crippen LogP contribution in [-0.4, -0.2) is 53.4 Å². The van der Waals surface area contributed by atoms with E-state index in [0.29, 0.717) is 31.6 Å². The zero-order valence-corrected chi connectivity index (χ0v) is 14.0. The summed E-state index contributed by atoms with van der Waals surface area (Å²) in [5, 5.41) is 2.95. The first-order chi connectivity index (χ1) is 10.8. The Balaban J connectivity index is 1.65. The molecule has 1 fully saturated rings. The maximum atomic E-state index is 12.3. The highest BCUT2D eigenvalue weighted by atomic mass is 32.2. The molecular weight excluding hydrogens is 316 g/mol. The van der Waals surface area contributed by atoms with Crippen LogP contribution >= 0.6 is 0 Å². The van der Waals surface area contributed by atoms with Crippen LogP contribution < -0.4 is 5.32 Å². The topological polar surface area (TPSA) is 83.8 Å². The lowest BCUT2D eigenvalue weighted by molar-refractivity contribution is 0.0919. The van der Waals surface area contributed by atoms with Crippen molar-refractivity contribution in [3.63, 3.8) is 0 Å². The summed E-state index contributed by atoms with van der Waals surface area (Å²) in [7, 11) is -3.15. The van der Waals surface area contributed by atoms with E-state index in [1.54, 1.807) is 6.20 Å². The third-order valence-corrected chi connectivity index (χ3v) is 5.41. The van der Waals surface area contributed by atoms with Gasteiger partial charge in [-0.25, -0.2) is 17.7 Å². The summed E-state index contributed by atoms with van der Waals surface area (Å²) in [4.78, 5) is 16.7. The molecule has 2 aromatic rings. The first kappa shape index (κ1) is 15.9. The summed E-state index contributed by atoms with van der Waals surface area (Å²) < 4.78 is 26.2. The van der Waals surface area contributed by atoms with E-state index in [0.717, 1.165) is 11.2 Å². The van der Waals surface area contributed by atoms with Crippen molar-refractivity contribution in [3.05, 3.63) is 35.8 Å². The molecule has 2 aromatic heterocycles. The number of piperidine rings is 1. The Morgan fingerprint density at radius 1 is 1.35 bits per heavy atom. The van der Waals surface area contributed by atoms with Crippen LogP contribution in [0.5, 0.6) is 0 Å². The Morgan fingerprint density at radius 2 is 2.04 bits per heavy atom. The Hall–Kier alpha value is -1.93. The lowest BCUT2D eigenvalue weighted by atomic mass is 10.1. The van der Waals surface area contributed by atoms with Crippen LogP contribution in [-0.2, 0) is 10.0 Å². The molecule has 0 saturated carbocycles. The predicted molar refractivity (Wildman–Crippen MR) is 86.8 cm³/mol. The Bertz CT molecular complexity index is 836. The fourth-order valence-electron chi connectivity index (χ4n) is 2.78. The Labute approximate surface area is 135 Å². The SMILES string of the molecule is Cc1ccn2cc(C(=O)NC3CCN(S(C)(=O)=O)CC3)nc2c1. The molecule has 0 unspecified atom stereocenters. The van der Waals surface area contributed by atoms with Crippen LogP contribution in [0, 0.1) is 6.92 Å². The molecule has 0 spiro atoms. The number of aryl methyl sites for hydroxylation is 1. The highest BCUT2D eigenvalue weighted by Crippen LogP contribution is 2.14. The smallest absolute Gasteiger partial charge is 0.271 e. The van der Waals surface area contributed by atoms with E-state index in [1.807, 2.05) is 29.7 Å². The van der Waals surface area contributed by atoms with E-state index in [1.165, 1.54) is 10.6 Å². The van der Waals surface area contributed by atoms with Gasteiger partial charge < -0.3 is 9.72 Å². The van der Waals surface area contributed by atoms with E-state index in [2.05, 4.69) is 10.3 Å². The lowest BCUT2D eigenvalue weighted by Gasteiger charge is -2.30. The van der Waals surface area contributed by atoms with E-state index in [9.17, 15) is 13.2 Å². The van der Waals surface area contributed by atoms with Crippen LogP contribution in [0.4, 0.5) is 0 Å². The number of amides is 1. The molecule has 8 heteroatoms. The second-order valence-electron chi connectivity index (χ2n) is 6.01. The molecule has 3 heterocycles. The molecule has 1 saturated heterocycles. The molecule has 0 bridgehead atoms. The number of hydrogen-bond donors (Lipinski definition) is 1. The second-order valence-corrected chi connectivity index (χ2v) is 7.99. The number of pyridine rings is 1. The van der Waals surface area contributed by atoms with Gasteiger partial charge in [-0.1, -0.05) is 0 Å². The zero-order chi connectivity index (χ0) is 16.6. The van der Waals surface area contributed by atoms with Gasteiger partial charge in [-0.15, -0.1) is 0 Å². The van der Waals surface area contributed by atoms with Crippen LogP contribution in [0.15, 0.2) is 24.5 Å². The van der Waals surface area contributed by atoms with Crippen LogP contribution in [0.25, 0.3) is 5.65 Å². The van der Waals surface area contributed by atoms with Crippen molar-refractivity contribution >= 4 is 21.6 Å². The third kappa shape index (κ3) is 3.53. The number of nitrogens with one attached hydrogen (secondary N) is 1. The van der Waals surface area contributed by atoms with Crippen LogP contribution in [0.2, 0.25) is 0 Å². The van der Waals surface area contributed by atoms with E-state index < -0.39 is 10.0 Å².